The molecule has 3 heteroatoms. The van der Waals surface area contributed by atoms with Crippen LogP contribution in [0.4, 0.5) is 0 Å². The standard InChI is InChI=1S/C10H7BrN2/c11-9-5-2-1-4-8(9)10-12-6-3-7-13-10/h1-7H/i3D,6D,7D. The van der Waals surface area contributed by atoms with Crippen molar-refractivity contribution in [2.45, 2.75) is 0 Å². The molecule has 0 N–H and O–H groups in total. The van der Waals surface area contributed by atoms with Gasteiger partial charge in [-0.3, -0.25) is 0 Å². The lowest BCUT2D eigenvalue weighted by molar-refractivity contribution is 1.17. The Hall–Kier alpha value is -1.22. The van der Waals surface area contributed by atoms with E-state index in [0.717, 1.165) is 4.47 Å². The molecule has 0 aliphatic heterocycles. The smallest absolute Gasteiger partial charge is 0.160 e. The lowest BCUT2D eigenvalue weighted by atomic mass is 10.2. The molecule has 1 heterocycles. The van der Waals surface area contributed by atoms with Crippen molar-refractivity contribution in [1.29, 1.82) is 0 Å². The summed E-state index contributed by atoms with van der Waals surface area (Å²) in [5.74, 6) is 0.290. The number of aromatic nitrogens is 2. The topological polar surface area (TPSA) is 25.8 Å². The van der Waals surface area contributed by atoms with E-state index in [9.17, 15) is 0 Å². The van der Waals surface area contributed by atoms with Crippen LogP contribution in [0.25, 0.3) is 11.4 Å². The van der Waals surface area contributed by atoms with E-state index in [1.807, 2.05) is 18.2 Å². The van der Waals surface area contributed by atoms with Crippen molar-refractivity contribution in [2.24, 2.45) is 0 Å². The van der Waals surface area contributed by atoms with Crippen molar-refractivity contribution in [1.82, 2.24) is 9.97 Å². The van der Waals surface area contributed by atoms with Gasteiger partial charge < -0.3 is 0 Å². The van der Waals surface area contributed by atoms with Gasteiger partial charge in [-0.2, -0.15) is 0 Å². The molecule has 0 fully saturated rings. The molecule has 0 aliphatic carbocycles. The Balaban J connectivity index is 2.62. The highest BCUT2D eigenvalue weighted by Crippen LogP contribution is 2.23. The Morgan fingerprint density at radius 2 is 1.85 bits per heavy atom. The summed E-state index contributed by atoms with van der Waals surface area (Å²) in [6.45, 7) is 0. The minimum absolute atomic E-state index is 0.231. The van der Waals surface area contributed by atoms with Crippen LogP contribution in [0.1, 0.15) is 4.11 Å². The number of rotatable bonds is 1. The number of hydrogen-bond acceptors (Lipinski definition) is 2. The second-order valence-electron chi connectivity index (χ2n) is 2.38. The zero-order chi connectivity index (χ0) is 11.7. The van der Waals surface area contributed by atoms with Crippen LogP contribution < -0.4 is 0 Å². The third-order valence-corrected chi connectivity index (χ3v) is 2.24. The van der Waals surface area contributed by atoms with Crippen LogP contribution >= 0.6 is 15.9 Å². The molecule has 64 valence electrons. The Labute approximate surface area is 89.0 Å². The average Bonchev–Trinajstić information content (AvgIpc) is 2.26. The van der Waals surface area contributed by atoms with Gasteiger partial charge in [0.2, 0.25) is 0 Å². The summed E-state index contributed by atoms with van der Waals surface area (Å²) in [6.07, 6.45) is -0.462. The maximum Gasteiger partial charge on any atom is 0.160 e. The van der Waals surface area contributed by atoms with Crippen molar-refractivity contribution < 1.29 is 4.11 Å². The highest BCUT2D eigenvalue weighted by atomic mass is 79.9. The normalized spacial score (nSPS) is 13.2. The van der Waals surface area contributed by atoms with Crippen molar-refractivity contribution >= 4 is 15.9 Å². The molecule has 2 rings (SSSR count). The summed E-state index contributed by atoms with van der Waals surface area (Å²) in [6, 6.07) is 7.06. The van der Waals surface area contributed by atoms with Gasteiger partial charge in [-0.1, -0.05) is 34.1 Å². The van der Waals surface area contributed by atoms with Crippen LogP contribution in [-0.4, -0.2) is 9.97 Å². The molecule has 0 amide bonds. The first kappa shape index (κ1) is 5.50. The summed E-state index contributed by atoms with van der Waals surface area (Å²) >= 11 is 3.35. The molecule has 2 aromatic rings. The van der Waals surface area contributed by atoms with Gasteiger partial charge in [0.25, 0.3) is 0 Å². The van der Waals surface area contributed by atoms with Crippen LogP contribution in [0.3, 0.4) is 0 Å². The zero-order valence-corrected chi connectivity index (χ0v) is 8.17. The molecule has 0 atom stereocenters. The van der Waals surface area contributed by atoms with Crippen LogP contribution in [0, 0.1) is 0 Å². The van der Waals surface area contributed by atoms with Gasteiger partial charge in [0, 0.05) is 22.4 Å². The third-order valence-electron chi connectivity index (χ3n) is 1.55. The highest BCUT2D eigenvalue weighted by Gasteiger charge is 2.02. The molecule has 0 unspecified atom stereocenters. The number of benzene rings is 1. The predicted molar refractivity (Wildman–Crippen MR) is 55.2 cm³/mol. The van der Waals surface area contributed by atoms with Crippen LogP contribution in [0.15, 0.2) is 47.1 Å². The largest absolute Gasteiger partial charge is 0.237 e. The van der Waals surface area contributed by atoms with E-state index < -0.39 is 0 Å². The van der Waals surface area contributed by atoms with E-state index in [2.05, 4.69) is 25.9 Å². The molecule has 0 bridgehead atoms. The van der Waals surface area contributed by atoms with Gasteiger partial charge in [-0.25, -0.2) is 9.97 Å². The molecule has 0 saturated heterocycles. The second kappa shape index (κ2) is 3.66. The molecule has 1 aromatic carbocycles. The third kappa shape index (κ3) is 1.75. The summed E-state index contributed by atoms with van der Waals surface area (Å²) in [4.78, 5) is 7.77. The maximum atomic E-state index is 7.45. The molecule has 2 nitrogen and oxygen atoms in total. The highest BCUT2D eigenvalue weighted by molar-refractivity contribution is 9.10. The second-order valence-corrected chi connectivity index (χ2v) is 3.23. The number of nitrogens with zero attached hydrogens (tertiary/aromatic N) is 2. The summed E-state index contributed by atoms with van der Waals surface area (Å²) in [7, 11) is 0. The molecule has 0 aliphatic rings. The van der Waals surface area contributed by atoms with Gasteiger partial charge in [0.05, 0.1) is 4.11 Å². The van der Waals surface area contributed by atoms with Gasteiger partial charge in [-0.15, -0.1) is 0 Å². The van der Waals surface area contributed by atoms with Crippen molar-refractivity contribution in [3.63, 3.8) is 0 Å². The van der Waals surface area contributed by atoms with Crippen molar-refractivity contribution in [3.05, 3.63) is 47.1 Å². The minimum atomic E-state index is -0.254. The first-order chi connectivity index (χ1) is 7.59. The number of halogens is 1. The Bertz CT molecular complexity index is 522. The Morgan fingerprint density at radius 1 is 1.15 bits per heavy atom. The van der Waals surface area contributed by atoms with Crippen molar-refractivity contribution in [3.8, 4) is 11.4 Å². The minimum Gasteiger partial charge on any atom is -0.237 e. The molecule has 0 radical (unpaired) electrons. The van der Waals surface area contributed by atoms with E-state index in [-0.39, 0.29) is 18.4 Å². The predicted octanol–water partition coefficient (Wildman–Crippen LogP) is 2.91. The lowest BCUT2D eigenvalue weighted by Gasteiger charge is -2.00. The first-order valence-corrected chi connectivity index (χ1v) is 4.45. The van der Waals surface area contributed by atoms with E-state index in [1.54, 1.807) is 6.07 Å². The van der Waals surface area contributed by atoms with E-state index in [0.29, 0.717) is 11.4 Å². The lowest BCUT2D eigenvalue weighted by Crippen LogP contribution is -1.86. The fourth-order valence-electron chi connectivity index (χ4n) is 0.975. The van der Waals surface area contributed by atoms with Crippen LogP contribution in [-0.2, 0) is 0 Å². The molecular formula is C10H7BrN2. The van der Waals surface area contributed by atoms with E-state index in [1.165, 1.54) is 0 Å². The SMILES string of the molecule is [2H]c1nc(-c2ccccc2Br)nc([2H])c1[2H]. The van der Waals surface area contributed by atoms with E-state index >= 15 is 0 Å². The molecular weight excluding hydrogens is 228 g/mol. The molecule has 0 spiro atoms. The Kier molecular flexibility index (Phi) is 1.55. The Morgan fingerprint density at radius 3 is 2.54 bits per heavy atom. The fourth-order valence-corrected chi connectivity index (χ4v) is 1.44. The summed E-state index contributed by atoms with van der Waals surface area (Å²) in [5, 5.41) is 0. The molecule has 0 saturated carbocycles. The summed E-state index contributed by atoms with van der Waals surface area (Å²) < 4.78 is 23.0. The van der Waals surface area contributed by atoms with Crippen LogP contribution in [0.2, 0.25) is 0 Å². The maximum absolute atomic E-state index is 7.45. The van der Waals surface area contributed by atoms with Crippen molar-refractivity contribution in [2.75, 3.05) is 0 Å². The average molecular weight is 238 g/mol. The zero-order valence-electron chi connectivity index (χ0n) is 9.58. The van der Waals surface area contributed by atoms with Gasteiger partial charge >= 0.3 is 0 Å². The quantitative estimate of drug-likeness (QED) is 0.763. The molecule has 1 aromatic heterocycles. The van der Waals surface area contributed by atoms with Crippen LogP contribution in [0.5, 0.6) is 0 Å². The van der Waals surface area contributed by atoms with Gasteiger partial charge in [-0.05, 0) is 12.1 Å². The van der Waals surface area contributed by atoms with E-state index in [4.69, 9.17) is 4.11 Å². The summed E-state index contributed by atoms with van der Waals surface area (Å²) in [5.41, 5.74) is 0.713. The van der Waals surface area contributed by atoms with Gasteiger partial charge in [0.15, 0.2) is 5.82 Å². The number of hydrogen-bond donors (Lipinski definition) is 0. The van der Waals surface area contributed by atoms with Gasteiger partial charge in [0.1, 0.15) is 0 Å². The molecule has 13 heavy (non-hydrogen) atoms. The fraction of sp³-hybridized carbons (Fsp3) is 0. The monoisotopic (exact) mass is 237 g/mol. The first-order valence-electron chi connectivity index (χ1n) is 5.16.